The van der Waals surface area contributed by atoms with E-state index in [0.29, 0.717) is 13.2 Å². The van der Waals surface area contributed by atoms with Crippen LogP contribution in [0.25, 0.3) is 0 Å². The lowest BCUT2D eigenvalue weighted by molar-refractivity contribution is -0.300. The first-order valence-electron chi connectivity index (χ1n) is 7.10. The van der Waals surface area contributed by atoms with Gasteiger partial charge in [0.1, 0.15) is 12.4 Å². The Balaban J connectivity index is 1.86. The third-order valence-corrected chi connectivity index (χ3v) is 2.87. The Morgan fingerprint density at radius 2 is 2.14 bits per heavy atom. The first kappa shape index (κ1) is 16.8. The summed E-state index contributed by atoms with van der Waals surface area (Å²) in [5.74, 6) is 0.163. The number of anilines is 1. The molecule has 1 fully saturated rings. The maximum absolute atomic E-state index is 11.7. The number of nitrogen functional groups attached to an aromatic ring is 1. The Morgan fingerprint density at radius 3 is 2.77 bits per heavy atom. The van der Waals surface area contributed by atoms with Crippen molar-refractivity contribution in [3.05, 3.63) is 22.7 Å². The molecule has 22 heavy (non-hydrogen) atoms. The highest BCUT2D eigenvalue weighted by Gasteiger charge is 2.29. The summed E-state index contributed by atoms with van der Waals surface area (Å²) in [4.78, 5) is 15.4. The fourth-order valence-corrected chi connectivity index (χ4v) is 1.90. The maximum Gasteiger partial charge on any atom is 0.351 e. The lowest BCUT2D eigenvalue weighted by atomic mass is 10.5. The molecule has 0 radical (unpaired) electrons. The van der Waals surface area contributed by atoms with E-state index in [4.69, 9.17) is 29.4 Å². The molecule has 2 N–H and O–H groups in total. The van der Waals surface area contributed by atoms with Crippen LogP contribution in [-0.2, 0) is 23.7 Å². The van der Waals surface area contributed by atoms with Crippen molar-refractivity contribution in [2.24, 2.45) is 0 Å². The highest BCUT2D eigenvalue weighted by atomic mass is 16.9. The van der Waals surface area contributed by atoms with Crippen molar-refractivity contribution in [1.29, 1.82) is 0 Å². The third-order valence-electron chi connectivity index (χ3n) is 2.87. The Morgan fingerprint density at radius 1 is 1.41 bits per heavy atom. The summed E-state index contributed by atoms with van der Waals surface area (Å²) in [5, 5.41) is 0. The number of nitrogens with two attached hydrogens (primary N) is 1. The Kier molecular flexibility index (Phi) is 6.28. The minimum absolute atomic E-state index is 0.123. The predicted molar refractivity (Wildman–Crippen MR) is 75.8 cm³/mol. The second-order valence-corrected chi connectivity index (χ2v) is 4.43. The highest BCUT2D eigenvalue weighted by Crippen LogP contribution is 2.20. The normalized spacial score (nSPS) is 21.6. The van der Waals surface area contributed by atoms with Crippen LogP contribution in [0.15, 0.2) is 17.1 Å². The van der Waals surface area contributed by atoms with E-state index in [0.717, 1.165) is 0 Å². The summed E-state index contributed by atoms with van der Waals surface area (Å²) in [7, 11) is 0. The number of hydrogen-bond donors (Lipinski definition) is 1. The molecule has 1 aliphatic rings. The molecule has 0 amide bonds. The summed E-state index contributed by atoms with van der Waals surface area (Å²) < 4.78 is 28.3. The topological polar surface area (TPSA) is 107 Å². The minimum Gasteiger partial charge on any atom is -0.383 e. The molecule has 0 aromatic carbocycles. The number of aromatic nitrogens is 2. The van der Waals surface area contributed by atoms with Crippen molar-refractivity contribution in [3.63, 3.8) is 0 Å². The van der Waals surface area contributed by atoms with Crippen LogP contribution in [0.2, 0.25) is 0 Å². The quantitative estimate of drug-likeness (QED) is 0.672. The van der Waals surface area contributed by atoms with Gasteiger partial charge in [0.15, 0.2) is 12.5 Å². The SMILES string of the molecule is CCOC(OCC)OC[C@H]1OC[C@@H](n2ccc(N)nc2=O)O1. The molecular formula is C13H21N3O6. The van der Waals surface area contributed by atoms with E-state index in [-0.39, 0.29) is 19.0 Å². The second-order valence-electron chi connectivity index (χ2n) is 4.43. The molecule has 0 unspecified atom stereocenters. The third kappa shape index (κ3) is 4.49. The van der Waals surface area contributed by atoms with E-state index < -0.39 is 24.7 Å². The summed E-state index contributed by atoms with van der Waals surface area (Å²) in [6, 6.07) is 1.52. The molecule has 1 aromatic heterocycles. The molecule has 1 aliphatic heterocycles. The predicted octanol–water partition coefficient (Wildman–Crippen LogP) is 0.0702. The number of rotatable bonds is 8. The van der Waals surface area contributed by atoms with E-state index in [2.05, 4.69) is 4.98 Å². The average molecular weight is 315 g/mol. The molecule has 1 aromatic rings. The standard InChI is InChI=1S/C13H21N3O6/c1-3-18-13(19-4-2)21-8-11-20-7-10(22-11)16-6-5-9(14)15-12(16)17/h5-6,10-11,13H,3-4,7-8H2,1-2H3,(H2,14,15,17)/t10-,11-/m0/s1. The van der Waals surface area contributed by atoms with Gasteiger partial charge in [0, 0.05) is 19.4 Å². The Bertz CT molecular complexity index is 517. The van der Waals surface area contributed by atoms with Gasteiger partial charge in [-0.15, -0.1) is 0 Å². The largest absolute Gasteiger partial charge is 0.383 e. The van der Waals surface area contributed by atoms with Gasteiger partial charge in [-0.05, 0) is 19.9 Å². The van der Waals surface area contributed by atoms with Crippen LogP contribution >= 0.6 is 0 Å². The molecule has 0 bridgehead atoms. The van der Waals surface area contributed by atoms with Gasteiger partial charge in [-0.1, -0.05) is 0 Å². The van der Waals surface area contributed by atoms with Crippen LogP contribution in [0, 0.1) is 0 Å². The van der Waals surface area contributed by atoms with Gasteiger partial charge in [-0.2, -0.15) is 4.98 Å². The van der Waals surface area contributed by atoms with Crippen molar-refractivity contribution in [3.8, 4) is 0 Å². The van der Waals surface area contributed by atoms with Crippen molar-refractivity contribution < 1.29 is 23.7 Å². The van der Waals surface area contributed by atoms with Crippen molar-refractivity contribution in [1.82, 2.24) is 9.55 Å². The van der Waals surface area contributed by atoms with Crippen molar-refractivity contribution in [2.75, 3.05) is 32.2 Å². The number of hydrogen-bond acceptors (Lipinski definition) is 8. The zero-order valence-corrected chi connectivity index (χ0v) is 12.6. The summed E-state index contributed by atoms with van der Waals surface area (Å²) in [6.45, 7) is 4.19. The van der Waals surface area contributed by atoms with E-state index >= 15 is 0 Å². The molecular weight excluding hydrogens is 294 g/mol. The van der Waals surface area contributed by atoms with Gasteiger partial charge in [0.2, 0.25) is 0 Å². The molecule has 2 heterocycles. The van der Waals surface area contributed by atoms with Crippen LogP contribution in [0.5, 0.6) is 0 Å². The van der Waals surface area contributed by atoms with E-state index in [9.17, 15) is 4.79 Å². The van der Waals surface area contributed by atoms with E-state index in [1.54, 1.807) is 0 Å². The Hall–Kier alpha value is -1.52. The molecule has 9 nitrogen and oxygen atoms in total. The lowest BCUT2D eigenvalue weighted by Crippen LogP contribution is -2.29. The highest BCUT2D eigenvalue weighted by molar-refractivity contribution is 5.23. The molecule has 0 spiro atoms. The van der Waals surface area contributed by atoms with Crippen molar-refractivity contribution >= 4 is 5.82 Å². The molecule has 0 aliphatic carbocycles. The average Bonchev–Trinajstić information content (AvgIpc) is 2.94. The van der Waals surface area contributed by atoms with Gasteiger partial charge >= 0.3 is 5.69 Å². The molecule has 2 rings (SSSR count). The zero-order chi connectivity index (χ0) is 15.9. The zero-order valence-electron chi connectivity index (χ0n) is 12.6. The van der Waals surface area contributed by atoms with Gasteiger partial charge in [0.25, 0.3) is 6.48 Å². The van der Waals surface area contributed by atoms with Gasteiger partial charge < -0.3 is 29.4 Å². The van der Waals surface area contributed by atoms with Crippen LogP contribution in [-0.4, -0.2) is 48.7 Å². The van der Waals surface area contributed by atoms with Gasteiger partial charge in [-0.3, -0.25) is 4.57 Å². The monoisotopic (exact) mass is 315 g/mol. The van der Waals surface area contributed by atoms with Crippen LogP contribution in [0.3, 0.4) is 0 Å². The molecule has 0 saturated carbocycles. The first-order valence-corrected chi connectivity index (χ1v) is 7.10. The van der Waals surface area contributed by atoms with Crippen molar-refractivity contribution in [2.45, 2.75) is 32.8 Å². The first-order chi connectivity index (χ1) is 10.6. The minimum atomic E-state index is -0.762. The van der Waals surface area contributed by atoms with Gasteiger partial charge in [0.05, 0.1) is 6.61 Å². The van der Waals surface area contributed by atoms with Crippen LogP contribution < -0.4 is 11.4 Å². The van der Waals surface area contributed by atoms with Crippen LogP contribution in [0.4, 0.5) is 5.82 Å². The Labute approximate surface area is 127 Å². The number of nitrogens with zero attached hydrogens (tertiary/aromatic N) is 2. The van der Waals surface area contributed by atoms with E-state index in [1.165, 1.54) is 16.8 Å². The second kappa shape index (κ2) is 8.20. The summed E-state index contributed by atoms with van der Waals surface area (Å²) in [6.07, 6.45) is 0.343. The van der Waals surface area contributed by atoms with Crippen LogP contribution in [0.1, 0.15) is 20.1 Å². The fraction of sp³-hybridized carbons (Fsp3) is 0.692. The smallest absolute Gasteiger partial charge is 0.351 e. The molecule has 2 atom stereocenters. The molecule has 9 heteroatoms. The number of ether oxygens (including phenoxy) is 5. The lowest BCUT2D eigenvalue weighted by Gasteiger charge is -2.19. The van der Waals surface area contributed by atoms with E-state index in [1.807, 2.05) is 13.8 Å². The summed E-state index contributed by atoms with van der Waals surface area (Å²) in [5.41, 5.74) is 4.96. The summed E-state index contributed by atoms with van der Waals surface area (Å²) >= 11 is 0. The fourth-order valence-electron chi connectivity index (χ4n) is 1.90. The molecule has 1 saturated heterocycles. The van der Waals surface area contributed by atoms with Gasteiger partial charge in [-0.25, -0.2) is 4.79 Å². The maximum atomic E-state index is 11.7. The molecule has 124 valence electrons.